The number of pyridine rings is 1. The van der Waals surface area contributed by atoms with Crippen LogP contribution in [0, 0.1) is 0 Å². The lowest BCUT2D eigenvalue weighted by Crippen LogP contribution is -2.40. The van der Waals surface area contributed by atoms with E-state index in [9.17, 15) is 4.79 Å². The second-order valence-corrected chi connectivity index (χ2v) is 11.1. The predicted molar refractivity (Wildman–Crippen MR) is 172 cm³/mol. The molecule has 1 aliphatic heterocycles. The normalized spacial score (nSPS) is 14.0. The Kier molecular flexibility index (Phi) is 9.21. The largest absolute Gasteiger partial charge is 0.474 e. The Balaban J connectivity index is 0.968. The van der Waals surface area contributed by atoms with Gasteiger partial charge in [-0.2, -0.15) is 0 Å². The molecule has 1 N–H and O–H groups in total. The number of hydrogen-bond donors (Lipinski definition) is 1. The van der Waals surface area contributed by atoms with E-state index in [0.29, 0.717) is 23.9 Å². The summed E-state index contributed by atoms with van der Waals surface area (Å²) in [5.41, 5.74) is 6.50. The van der Waals surface area contributed by atoms with Crippen LogP contribution in [0.5, 0.6) is 5.88 Å². The highest BCUT2D eigenvalue weighted by Gasteiger charge is 2.24. The maximum atomic E-state index is 12.7. The Hall–Kier alpha value is -4.74. The minimum absolute atomic E-state index is 0.103. The van der Waals surface area contributed by atoms with Gasteiger partial charge < -0.3 is 15.0 Å². The van der Waals surface area contributed by atoms with Crippen LogP contribution >= 0.6 is 0 Å². The Morgan fingerprint density at radius 1 is 0.744 bits per heavy atom. The zero-order valence-electron chi connectivity index (χ0n) is 24.3. The lowest BCUT2D eigenvalue weighted by atomic mass is 9.90. The van der Waals surface area contributed by atoms with Gasteiger partial charge in [0.15, 0.2) is 0 Å². The summed E-state index contributed by atoms with van der Waals surface area (Å²) in [5.74, 6) is 0.883. The average molecular weight is 568 g/mol. The summed E-state index contributed by atoms with van der Waals surface area (Å²) in [5, 5.41) is 2.99. The Morgan fingerprint density at radius 3 is 1.91 bits per heavy atom. The molecule has 4 aromatic carbocycles. The van der Waals surface area contributed by atoms with Crippen molar-refractivity contribution < 1.29 is 9.53 Å². The maximum absolute atomic E-state index is 12.7. The number of likely N-dealkylation sites (tertiary alicyclic amines) is 1. The van der Waals surface area contributed by atoms with Crippen molar-refractivity contribution in [1.82, 2.24) is 15.2 Å². The van der Waals surface area contributed by atoms with Crippen molar-refractivity contribution in [3.05, 3.63) is 156 Å². The van der Waals surface area contributed by atoms with E-state index in [4.69, 9.17) is 4.74 Å². The summed E-state index contributed by atoms with van der Waals surface area (Å²) in [6.45, 7) is 3.40. The first kappa shape index (κ1) is 28.4. The lowest BCUT2D eigenvalue weighted by molar-refractivity contribution is 0.0950. The van der Waals surface area contributed by atoms with Gasteiger partial charge in [-0.05, 0) is 52.8 Å². The van der Waals surface area contributed by atoms with Gasteiger partial charge in [-0.3, -0.25) is 4.79 Å². The third kappa shape index (κ3) is 7.56. The van der Waals surface area contributed by atoms with Crippen LogP contribution in [0.15, 0.2) is 134 Å². The number of ether oxygens (including phenoxy) is 1. The van der Waals surface area contributed by atoms with Crippen molar-refractivity contribution in [3.8, 4) is 17.0 Å². The van der Waals surface area contributed by atoms with Gasteiger partial charge >= 0.3 is 0 Å². The van der Waals surface area contributed by atoms with Gasteiger partial charge in [-0.25, -0.2) is 4.98 Å². The number of nitrogens with zero attached hydrogens (tertiary/aromatic N) is 2. The van der Waals surface area contributed by atoms with E-state index in [1.165, 1.54) is 11.1 Å². The molecule has 0 unspecified atom stereocenters. The third-order valence-electron chi connectivity index (χ3n) is 8.17. The summed E-state index contributed by atoms with van der Waals surface area (Å²) in [7, 11) is 0. The first-order chi connectivity index (χ1) is 21.2. The summed E-state index contributed by atoms with van der Waals surface area (Å²) < 4.78 is 6.25. The minimum atomic E-state index is -0.103. The molecule has 0 radical (unpaired) electrons. The number of amides is 1. The predicted octanol–water partition coefficient (Wildman–Crippen LogP) is 7.35. The molecule has 0 aliphatic carbocycles. The molecule has 5 nitrogen and oxygen atoms in total. The van der Waals surface area contributed by atoms with Crippen molar-refractivity contribution >= 4 is 5.91 Å². The molecule has 5 heteroatoms. The molecule has 1 fully saturated rings. The number of nitrogens with one attached hydrogen (secondary N) is 1. The number of carbonyl (C=O) groups excluding carboxylic acids is 1. The molecule has 0 bridgehead atoms. The van der Waals surface area contributed by atoms with Gasteiger partial charge in [-0.15, -0.1) is 0 Å². The molecular formula is C38H37N3O2. The number of aromatic nitrogens is 1. The van der Waals surface area contributed by atoms with Gasteiger partial charge in [0.05, 0.1) is 0 Å². The van der Waals surface area contributed by atoms with Crippen molar-refractivity contribution in [1.29, 1.82) is 0 Å². The minimum Gasteiger partial charge on any atom is -0.474 e. The van der Waals surface area contributed by atoms with Crippen LogP contribution in [0.4, 0.5) is 0 Å². The van der Waals surface area contributed by atoms with Crippen molar-refractivity contribution in [2.45, 2.75) is 31.4 Å². The molecular weight excluding hydrogens is 530 g/mol. The van der Waals surface area contributed by atoms with Crippen LogP contribution in [0.1, 0.15) is 45.8 Å². The molecule has 0 atom stereocenters. The van der Waals surface area contributed by atoms with Gasteiger partial charge in [-0.1, -0.05) is 109 Å². The fourth-order valence-electron chi connectivity index (χ4n) is 5.73. The Bertz CT molecular complexity index is 1530. The monoisotopic (exact) mass is 567 g/mol. The van der Waals surface area contributed by atoms with Gasteiger partial charge in [0.2, 0.25) is 5.88 Å². The Labute approximate surface area is 254 Å². The van der Waals surface area contributed by atoms with Crippen LogP contribution in [0.3, 0.4) is 0 Å². The van der Waals surface area contributed by atoms with Gasteiger partial charge in [0.1, 0.15) is 6.10 Å². The number of piperidine rings is 1. The topological polar surface area (TPSA) is 54.5 Å². The van der Waals surface area contributed by atoms with E-state index < -0.39 is 0 Å². The highest BCUT2D eigenvalue weighted by atomic mass is 16.5. The van der Waals surface area contributed by atoms with E-state index in [1.54, 1.807) is 6.20 Å². The fraction of sp³-hybridized carbons (Fsp3) is 0.211. The maximum Gasteiger partial charge on any atom is 0.251 e. The van der Waals surface area contributed by atoms with Crippen molar-refractivity contribution in [2.75, 3.05) is 19.6 Å². The number of carbonyl (C=O) groups is 1. The first-order valence-electron chi connectivity index (χ1n) is 15.1. The molecule has 0 spiro atoms. The summed E-state index contributed by atoms with van der Waals surface area (Å²) in [4.78, 5) is 19.8. The second-order valence-electron chi connectivity index (χ2n) is 11.1. The lowest BCUT2D eigenvalue weighted by Gasteiger charge is -2.34. The zero-order chi connectivity index (χ0) is 29.3. The van der Waals surface area contributed by atoms with E-state index in [-0.39, 0.29) is 12.0 Å². The van der Waals surface area contributed by atoms with E-state index in [0.717, 1.165) is 49.2 Å². The fourth-order valence-corrected chi connectivity index (χ4v) is 5.73. The number of hydrogen-bond acceptors (Lipinski definition) is 4. The summed E-state index contributed by atoms with van der Waals surface area (Å²) in [6, 6.07) is 43.3. The smallest absolute Gasteiger partial charge is 0.251 e. The molecule has 2 heterocycles. The van der Waals surface area contributed by atoms with Gasteiger partial charge in [0, 0.05) is 49.9 Å². The van der Waals surface area contributed by atoms with Gasteiger partial charge in [0.25, 0.3) is 5.91 Å². The SMILES string of the molecule is O=C(NCc1ccc(OC2CCN(CC(c3ccccc3)c3ccccc3)CC2)nc1)c1ccc(-c2ccccc2)cc1. The second kappa shape index (κ2) is 14.0. The average Bonchev–Trinajstić information content (AvgIpc) is 3.09. The van der Waals surface area contributed by atoms with Crippen LogP contribution in [0.25, 0.3) is 11.1 Å². The van der Waals surface area contributed by atoms with Crippen LogP contribution in [-0.2, 0) is 6.54 Å². The zero-order valence-corrected chi connectivity index (χ0v) is 24.3. The molecule has 0 saturated carbocycles. The standard InChI is InChI=1S/C38H37N3O2/c42-38(34-19-17-31(18-20-34)30-10-4-1-5-11-30)40-27-29-16-21-37(39-26-29)43-35-22-24-41(25-23-35)28-36(32-12-6-2-7-13-32)33-14-8-3-9-15-33/h1-21,26,35-36H,22-25,27-28H2,(H,40,42). The third-order valence-corrected chi connectivity index (χ3v) is 8.17. The summed E-state index contributed by atoms with van der Waals surface area (Å²) >= 11 is 0. The quantitative estimate of drug-likeness (QED) is 0.192. The van der Waals surface area contributed by atoms with E-state index in [1.807, 2.05) is 54.6 Å². The number of benzene rings is 4. The molecule has 6 rings (SSSR count). The highest BCUT2D eigenvalue weighted by Crippen LogP contribution is 2.27. The molecule has 216 valence electrons. The Morgan fingerprint density at radius 2 is 1.33 bits per heavy atom. The first-order valence-corrected chi connectivity index (χ1v) is 15.1. The van der Waals surface area contributed by atoms with Crippen LogP contribution in [-0.4, -0.2) is 41.5 Å². The molecule has 1 aromatic heterocycles. The molecule has 1 saturated heterocycles. The van der Waals surface area contributed by atoms with Crippen molar-refractivity contribution in [2.24, 2.45) is 0 Å². The van der Waals surface area contributed by atoms with Crippen molar-refractivity contribution in [3.63, 3.8) is 0 Å². The molecule has 1 aliphatic rings. The number of rotatable bonds is 10. The molecule has 5 aromatic rings. The highest BCUT2D eigenvalue weighted by molar-refractivity contribution is 5.94. The van der Waals surface area contributed by atoms with E-state index >= 15 is 0 Å². The van der Waals surface area contributed by atoms with Crippen LogP contribution in [0.2, 0.25) is 0 Å². The molecule has 43 heavy (non-hydrogen) atoms. The molecule has 1 amide bonds. The van der Waals surface area contributed by atoms with E-state index in [2.05, 4.69) is 88.0 Å². The summed E-state index contributed by atoms with van der Waals surface area (Å²) in [6.07, 6.45) is 3.88. The van der Waals surface area contributed by atoms with Crippen LogP contribution < -0.4 is 10.1 Å².